The molecule has 1 aliphatic heterocycles. The fraction of sp³-hybridized carbons (Fsp3) is 0.545. The Morgan fingerprint density at radius 3 is 2.19 bits per heavy atom. The van der Waals surface area contributed by atoms with Crippen molar-refractivity contribution in [3.63, 3.8) is 0 Å². The van der Waals surface area contributed by atoms with Crippen molar-refractivity contribution in [1.29, 1.82) is 0 Å². The first-order chi connectivity index (χ1) is 15.6. The summed E-state index contributed by atoms with van der Waals surface area (Å²) in [7, 11) is 4.78. The summed E-state index contributed by atoms with van der Waals surface area (Å²) in [6, 6.07) is 6.13. The Morgan fingerprint density at radius 1 is 1.00 bits per heavy atom. The second kappa shape index (κ2) is 12.3. The fourth-order valence-corrected chi connectivity index (χ4v) is 4.18. The third kappa shape index (κ3) is 6.72. The minimum atomic E-state index is 0.208. The van der Waals surface area contributed by atoms with Gasteiger partial charge in [-0.25, -0.2) is 0 Å². The number of halogens is 1. The van der Waals surface area contributed by atoms with Crippen LogP contribution in [0.25, 0.3) is 0 Å². The maximum atomic E-state index is 5.82. The van der Waals surface area contributed by atoms with Gasteiger partial charge in [-0.3, -0.25) is 4.90 Å². The van der Waals surface area contributed by atoms with Crippen LogP contribution in [0, 0.1) is 3.57 Å². The highest BCUT2D eigenvalue weighted by atomic mass is 127. The fourth-order valence-electron chi connectivity index (χ4n) is 3.56. The zero-order chi connectivity index (χ0) is 22.9. The van der Waals surface area contributed by atoms with E-state index in [-0.39, 0.29) is 6.79 Å². The molecule has 1 N–H and O–H groups in total. The maximum Gasteiger partial charge on any atom is 0.229 e. The Bertz CT molecular complexity index is 855. The van der Waals surface area contributed by atoms with Crippen LogP contribution in [0.15, 0.2) is 18.2 Å². The summed E-state index contributed by atoms with van der Waals surface area (Å²) in [5, 5.41) is 3.42. The predicted molar refractivity (Wildman–Crippen MR) is 130 cm³/mol. The lowest BCUT2D eigenvalue weighted by Gasteiger charge is -2.32. The smallest absolute Gasteiger partial charge is 0.229 e. The molecule has 0 radical (unpaired) electrons. The number of piperidine rings is 1. The van der Waals surface area contributed by atoms with Crippen molar-refractivity contribution in [3.05, 3.63) is 27.3 Å². The molecule has 2 aromatic rings. The number of methoxy groups -OCH3 is 3. The first kappa shape index (κ1) is 24.6. The normalized spacial score (nSPS) is 14.8. The highest BCUT2D eigenvalue weighted by Crippen LogP contribution is 2.33. The van der Waals surface area contributed by atoms with Crippen LogP contribution >= 0.6 is 22.6 Å². The van der Waals surface area contributed by atoms with Gasteiger partial charge in [0.25, 0.3) is 0 Å². The number of hydrogen-bond acceptors (Lipinski definition) is 9. The molecule has 9 nitrogen and oxygen atoms in total. The van der Waals surface area contributed by atoms with Crippen molar-refractivity contribution < 1.29 is 23.7 Å². The van der Waals surface area contributed by atoms with Gasteiger partial charge >= 0.3 is 0 Å². The molecule has 1 aromatic heterocycles. The van der Waals surface area contributed by atoms with E-state index in [4.69, 9.17) is 23.7 Å². The van der Waals surface area contributed by atoms with Gasteiger partial charge in [-0.15, -0.1) is 0 Å². The summed E-state index contributed by atoms with van der Waals surface area (Å²) >= 11 is 2.26. The van der Waals surface area contributed by atoms with Crippen molar-refractivity contribution in [2.75, 3.05) is 53.1 Å². The first-order valence-electron chi connectivity index (χ1n) is 10.6. The molecule has 1 aromatic carbocycles. The monoisotopic (exact) mass is 558 g/mol. The third-order valence-electron chi connectivity index (χ3n) is 5.12. The van der Waals surface area contributed by atoms with E-state index < -0.39 is 0 Å². The molecule has 0 saturated carbocycles. The average molecular weight is 558 g/mol. The first-order valence-corrected chi connectivity index (χ1v) is 11.7. The number of nitrogens with one attached hydrogen (secondary N) is 1. The molecule has 1 aliphatic rings. The highest BCUT2D eigenvalue weighted by Gasteiger charge is 2.21. The summed E-state index contributed by atoms with van der Waals surface area (Å²) in [5.41, 5.74) is 1.16. The average Bonchev–Trinajstić information content (AvgIpc) is 2.81. The van der Waals surface area contributed by atoms with Gasteiger partial charge < -0.3 is 29.0 Å². The Balaban J connectivity index is 1.60. The van der Waals surface area contributed by atoms with Crippen molar-refractivity contribution in [2.45, 2.75) is 32.4 Å². The Kier molecular flexibility index (Phi) is 9.42. The van der Waals surface area contributed by atoms with Gasteiger partial charge in [0.2, 0.25) is 17.7 Å². The molecule has 2 heterocycles. The van der Waals surface area contributed by atoms with Gasteiger partial charge in [-0.2, -0.15) is 9.97 Å². The van der Waals surface area contributed by atoms with Crippen LogP contribution in [0.3, 0.4) is 0 Å². The van der Waals surface area contributed by atoms with Crippen LogP contribution in [-0.2, 0) is 11.3 Å². The van der Waals surface area contributed by atoms with E-state index in [2.05, 4.69) is 54.9 Å². The van der Waals surface area contributed by atoms with Gasteiger partial charge in [0.05, 0.1) is 30.5 Å². The van der Waals surface area contributed by atoms with Gasteiger partial charge in [0.15, 0.2) is 6.79 Å². The lowest BCUT2D eigenvalue weighted by atomic mass is 10.0. The summed E-state index contributed by atoms with van der Waals surface area (Å²) in [5.74, 6) is 3.12. The molecule has 1 fully saturated rings. The van der Waals surface area contributed by atoms with Gasteiger partial charge in [0, 0.05) is 32.8 Å². The molecule has 0 spiro atoms. The second-order valence-corrected chi connectivity index (χ2v) is 8.44. The molecule has 10 heteroatoms. The molecule has 3 rings (SSSR count). The van der Waals surface area contributed by atoms with E-state index in [0.717, 1.165) is 53.1 Å². The molecule has 1 saturated heterocycles. The third-order valence-corrected chi connectivity index (χ3v) is 6.19. The molecule has 0 atom stereocenters. The largest absolute Gasteiger partial charge is 0.493 e. The van der Waals surface area contributed by atoms with Gasteiger partial charge in [0.1, 0.15) is 11.5 Å². The van der Waals surface area contributed by atoms with E-state index in [1.165, 1.54) is 0 Å². The Hall–Kier alpha value is -2.05. The SMILES string of the molecule is CCOc1cc(CN2CCC(Nc3nc(OC)cc(OC)n3)CC2)cc(OCOC)c1I. The summed E-state index contributed by atoms with van der Waals surface area (Å²) < 4.78 is 28.1. The van der Waals surface area contributed by atoms with Crippen molar-refractivity contribution in [3.8, 4) is 23.3 Å². The Labute approximate surface area is 202 Å². The van der Waals surface area contributed by atoms with Crippen molar-refractivity contribution in [2.24, 2.45) is 0 Å². The number of nitrogens with zero attached hydrogens (tertiary/aromatic N) is 3. The number of benzene rings is 1. The Morgan fingerprint density at radius 2 is 1.62 bits per heavy atom. The van der Waals surface area contributed by atoms with Crippen LogP contribution in [0.1, 0.15) is 25.3 Å². The number of hydrogen-bond donors (Lipinski definition) is 1. The van der Waals surface area contributed by atoms with E-state index in [0.29, 0.717) is 30.4 Å². The number of rotatable bonds is 11. The summed E-state index contributed by atoms with van der Waals surface area (Å²) in [6.45, 7) is 5.55. The maximum absolute atomic E-state index is 5.82. The quantitative estimate of drug-likeness (QED) is 0.329. The number of aromatic nitrogens is 2. The standard InChI is InChI=1S/C22H31IN4O5/c1-5-31-17-10-15(11-18(21(17)23)32-14-28-2)13-27-8-6-16(7-9-27)24-22-25-19(29-3)12-20(26-22)30-4/h10-12,16H,5-9,13-14H2,1-4H3,(H,24,25,26). The lowest BCUT2D eigenvalue weighted by Crippen LogP contribution is -2.39. The van der Waals surface area contributed by atoms with Crippen LogP contribution < -0.4 is 24.3 Å². The minimum Gasteiger partial charge on any atom is -0.493 e. The number of ether oxygens (including phenoxy) is 5. The van der Waals surface area contributed by atoms with E-state index in [1.54, 1.807) is 27.4 Å². The zero-order valence-electron chi connectivity index (χ0n) is 19.0. The molecule has 176 valence electrons. The van der Waals surface area contributed by atoms with Crippen LogP contribution in [-0.4, -0.2) is 68.7 Å². The molecular formula is C22H31IN4O5. The molecule has 0 unspecified atom stereocenters. The molecule has 0 aliphatic carbocycles. The zero-order valence-corrected chi connectivity index (χ0v) is 21.2. The highest BCUT2D eigenvalue weighted by molar-refractivity contribution is 14.1. The second-order valence-electron chi connectivity index (χ2n) is 7.36. The summed E-state index contributed by atoms with van der Waals surface area (Å²) in [6.07, 6.45) is 1.97. The van der Waals surface area contributed by atoms with Crippen LogP contribution in [0.4, 0.5) is 5.95 Å². The lowest BCUT2D eigenvalue weighted by molar-refractivity contribution is 0.0501. The molecule has 32 heavy (non-hydrogen) atoms. The number of anilines is 1. The van der Waals surface area contributed by atoms with E-state index >= 15 is 0 Å². The van der Waals surface area contributed by atoms with E-state index in [1.807, 2.05) is 6.92 Å². The molecule has 0 bridgehead atoms. The van der Waals surface area contributed by atoms with Crippen molar-refractivity contribution in [1.82, 2.24) is 14.9 Å². The van der Waals surface area contributed by atoms with Crippen LogP contribution in [0.5, 0.6) is 23.3 Å². The van der Waals surface area contributed by atoms with Gasteiger partial charge in [-0.1, -0.05) is 0 Å². The number of likely N-dealkylation sites (tertiary alicyclic amines) is 1. The topological polar surface area (TPSA) is 87.2 Å². The van der Waals surface area contributed by atoms with Crippen LogP contribution in [0.2, 0.25) is 0 Å². The predicted octanol–water partition coefficient (Wildman–Crippen LogP) is 3.56. The molecule has 0 amide bonds. The minimum absolute atomic E-state index is 0.208. The molecular weight excluding hydrogens is 527 g/mol. The van der Waals surface area contributed by atoms with Gasteiger partial charge in [-0.05, 0) is 60.1 Å². The van der Waals surface area contributed by atoms with Crippen molar-refractivity contribution >= 4 is 28.5 Å². The summed E-state index contributed by atoms with van der Waals surface area (Å²) in [4.78, 5) is 11.2. The van der Waals surface area contributed by atoms with E-state index in [9.17, 15) is 0 Å².